The third kappa shape index (κ3) is 3.55. The zero-order chi connectivity index (χ0) is 15.4. The molecule has 0 aliphatic carbocycles. The van der Waals surface area contributed by atoms with Crippen molar-refractivity contribution in [1.29, 1.82) is 0 Å². The molecule has 1 N–H and O–H groups in total. The van der Waals surface area contributed by atoms with Crippen LogP contribution in [0.2, 0.25) is 0 Å². The quantitative estimate of drug-likeness (QED) is 0.909. The molecule has 2 aromatic rings. The smallest absolute Gasteiger partial charge is 0.251 e. The lowest BCUT2D eigenvalue weighted by Gasteiger charge is -2.08. The van der Waals surface area contributed by atoms with Crippen molar-refractivity contribution in [3.8, 4) is 0 Å². The van der Waals surface area contributed by atoms with Crippen molar-refractivity contribution >= 4 is 21.8 Å². The van der Waals surface area contributed by atoms with E-state index in [1.54, 1.807) is 0 Å². The SMILES string of the molecule is O=C(NCCc1nnc2n1CCCCC2)c1cccc(Br)c1. The summed E-state index contributed by atoms with van der Waals surface area (Å²) in [5, 5.41) is 11.5. The zero-order valence-electron chi connectivity index (χ0n) is 12.4. The van der Waals surface area contributed by atoms with Crippen molar-refractivity contribution in [1.82, 2.24) is 20.1 Å². The van der Waals surface area contributed by atoms with E-state index in [-0.39, 0.29) is 5.91 Å². The lowest BCUT2D eigenvalue weighted by molar-refractivity contribution is 0.0954. The molecule has 1 amide bonds. The van der Waals surface area contributed by atoms with Gasteiger partial charge in [-0.25, -0.2) is 0 Å². The maximum absolute atomic E-state index is 12.1. The second kappa shape index (κ2) is 7.05. The van der Waals surface area contributed by atoms with Crippen LogP contribution in [0.15, 0.2) is 28.7 Å². The molecule has 2 heterocycles. The Morgan fingerprint density at radius 3 is 3.05 bits per heavy atom. The first-order chi connectivity index (χ1) is 10.7. The maximum atomic E-state index is 12.1. The number of carbonyl (C=O) groups is 1. The van der Waals surface area contributed by atoms with Crippen LogP contribution in [0.25, 0.3) is 0 Å². The van der Waals surface area contributed by atoms with Crippen LogP contribution < -0.4 is 5.32 Å². The van der Waals surface area contributed by atoms with Crippen LogP contribution in [0, 0.1) is 0 Å². The average Bonchev–Trinajstić information content (AvgIpc) is 2.75. The largest absolute Gasteiger partial charge is 0.352 e. The van der Waals surface area contributed by atoms with E-state index >= 15 is 0 Å². The average molecular weight is 363 g/mol. The summed E-state index contributed by atoms with van der Waals surface area (Å²) in [4.78, 5) is 12.1. The van der Waals surface area contributed by atoms with Crippen LogP contribution in [0.4, 0.5) is 0 Å². The molecule has 1 aliphatic rings. The fourth-order valence-electron chi connectivity index (χ4n) is 2.75. The standard InChI is InChI=1S/C16H19BrN4O/c17-13-6-4-5-12(11-13)16(22)18-9-8-15-20-19-14-7-2-1-3-10-21(14)15/h4-6,11H,1-3,7-10H2,(H,18,22). The summed E-state index contributed by atoms with van der Waals surface area (Å²) >= 11 is 3.38. The number of nitrogens with one attached hydrogen (secondary N) is 1. The maximum Gasteiger partial charge on any atom is 0.251 e. The van der Waals surface area contributed by atoms with E-state index in [1.807, 2.05) is 24.3 Å². The number of nitrogens with zero attached hydrogens (tertiary/aromatic N) is 3. The summed E-state index contributed by atoms with van der Waals surface area (Å²) in [6.45, 7) is 1.57. The summed E-state index contributed by atoms with van der Waals surface area (Å²) < 4.78 is 3.13. The number of hydrogen-bond donors (Lipinski definition) is 1. The monoisotopic (exact) mass is 362 g/mol. The van der Waals surface area contributed by atoms with Crippen molar-refractivity contribution in [2.24, 2.45) is 0 Å². The topological polar surface area (TPSA) is 59.8 Å². The lowest BCUT2D eigenvalue weighted by atomic mass is 10.2. The minimum Gasteiger partial charge on any atom is -0.352 e. The lowest BCUT2D eigenvalue weighted by Crippen LogP contribution is -2.26. The van der Waals surface area contributed by atoms with E-state index in [9.17, 15) is 4.79 Å². The number of fused-ring (bicyclic) bond motifs is 1. The van der Waals surface area contributed by atoms with Gasteiger partial charge in [-0.15, -0.1) is 10.2 Å². The van der Waals surface area contributed by atoms with Crippen molar-refractivity contribution in [2.75, 3.05) is 6.54 Å². The molecule has 0 radical (unpaired) electrons. The Morgan fingerprint density at radius 1 is 1.27 bits per heavy atom. The van der Waals surface area contributed by atoms with Gasteiger partial charge in [0.2, 0.25) is 0 Å². The van der Waals surface area contributed by atoms with E-state index in [0.29, 0.717) is 18.5 Å². The van der Waals surface area contributed by atoms with Gasteiger partial charge in [-0.05, 0) is 31.0 Å². The molecular weight excluding hydrogens is 344 g/mol. The molecule has 6 heteroatoms. The van der Waals surface area contributed by atoms with Gasteiger partial charge >= 0.3 is 0 Å². The molecule has 0 fully saturated rings. The summed E-state index contributed by atoms with van der Waals surface area (Å²) in [5.41, 5.74) is 0.662. The molecule has 0 unspecified atom stereocenters. The Bertz CT molecular complexity index is 668. The highest BCUT2D eigenvalue weighted by Gasteiger charge is 2.14. The number of halogens is 1. The molecule has 0 atom stereocenters. The predicted molar refractivity (Wildman–Crippen MR) is 87.8 cm³/mol. The van der Waals surface area contributed by atoms with Crippen LogP contribution in [-0.2, 0) is 19.4 Å². The molecule has 22 heavy (non-hydrogen) atoms. The van der Waals surface area contributed by atoms with E-state index in [4.69, 9.17) is 0 Å². The fourth-order valence-corrected chi connectivity index (χ4v) is 3.15. The van der Waals surface area contributed by atoms with E-state index in [0.717, 1.165) is 29.1 Å². The predicted octanol–water partition coefficient (Wildman–Crippen LogP) is 2.74. The molecule has 0 spiro atoms. The highest BCUT2D eigenvalue weighted by atomic mass is 79.9. The molecule has 0 saturated heterocycles. The van der Waals surface area contributed by atoms with Gasteiger partial charge in [-0.1, -0.05) is 28.4 Å². The van der Waals surface area contributed by atoms with E-state index in [2.05, 4.69) is 36.0 Å². The Kier molecular flexibility index (Phi) is 4.87. The molecular formula is C16H19BrN4O. The molecule has 3 rings (SSSR count). The van der Waals surface area contributed by atoms with Crippen molar-refractivity contribution in [2.45, 2.75) is 38.6 Å². The molecule has 116 valence electrons. The molecule has 5 nitrogen and oxygen atoms in total. The van der Waals surface area contributed by atoms with Gasteiger partial charge in [0.1, 0.15) is 11.6 Å². The van der Waals surface area contributed by atoms with Crippen LogP contribution in [0.5, 0.6) is 0 Å². The number of rotatable bonds is 4. The first-order valence-corrected chi connectivity index (χ1v) is 8.48. The van der Waals surface area contributed by atoms with Crippen LogP contribution >= 0.6 is 15.9 Å². The van der Waals surface area contributed by atoms with Gasteiger partial charge in [0.15, 0.2) is 0 Å². The van der Waals surface area contributed by atoms with Crippen LogP contribution in [0.1, 0.15) is 41.3 Å². The van der Waals surface area contributed by atoms with E-state index < -0.39 is 0 Å². The van der Waals surface area contributed by atoms with Gasteiger partial charge in [-0.3, -0.25) is 4.79 Å². The number of carbonyl (C=O) groups excluding carboxylic acids is 1. The first kappa shape index (κ1) is 15.2. The highest BCUT2D eigenvalue weighted by molar-refractivity contribution is 9.10. The Labute approximate surface area is 138 Å². The van der Waals surface area contributed by atoms with Gasteiger partial charge in [0.05, 0.1) is 0 Å². The van der Waals surface area contributed by atoms with Crippen molar-refractivity contribution in [3.05, 3.63) is 46.0 Å². The third-order valence-electron chi connectivity index (χ3n) is 3.91. The second-order valence-electron chi connectivity index (χ2n) is 5.51. The number of hydrogen-bond acceptors (Lipinski definition) is 3. The fraction of sp³-hybridized carbons (Fsp3) is 0.438. The Morgan fingerprint density at radius 2 is 2.18 bits per heavy atom. The van der Waals surface area contributed by atoms with Gasteiger partial charge in [-0.2, -0.15) is 0 Å². The summed E-state index contributed by atoms with van der Waals surface area (Å²) in [6.07, 6.45) is 5.35. The minimum atomic E-state index is -0.0584. The molecule has 1 aromatic carbocycles. The van der Waals surface area contributed by atoms with Crippen molar-refractivity contribution in [3.63, 3.8) is 0 Å². The summed E-state index contributed by atoms with van der Waals surface area (Å²) in [5.74, 6) is 2.01. The Balaban J connectivity index is 1.57. The summed E-state index contributed by atoms with van der Waals surface area (Å²) in [6, 6.07) is 7.39. The Hall–Kier alpha value is -1.69. The first-order valence-electron chi connectivity index (χ1n) is 7.69. The molecule has 1 aliphatic heterocycles. The summed E-state index contributed by atoms with van der Waals surface area (Å²) in [7, 11) is 0. The molecule has 0 bridgehead atoms. The molecule has 1 aromatic heterocycles. The van der Waals surface area contributed by atoms with Crippen LogP contribution in [-0.4, -0.2) is 27.2 Å². The highest BCUT2D eigenvalue weighted by Crippen LogP contribution is 2.15. The van der Waals surface area contributed by atoms with Crippen LogP contribution in [0.3, 0.4) is 0 Å². The normalized spacial score (nSPS) is 14.2. The number of benzene rings is 1. The number of aromatic nitrogens is 3. The second-order valence-corrected chi connectivity index (χ2v) is 6.43. The van der Waals surface area contributed by atoms with Gasteiger partial charge in [0.25, 0.3) is 5.91 Å². The number of aryl methyl sites for hydroxylation is 1. The molecule has 0 saturated carbocycles. The zero-order valence-corrected chi connectivity index (χ0v) is 14.0. The third-order valence-corrected chi connectivity index (χ3v) is 4.40. The minimum absolute atomic E-state index is 0.0584. The van der Waals surface area contributed by atoms with Gasteiger partial charge < -0.3 is 9.88 Å². The van der Waals surface area contributed by atoms with Crippen molar-refractivity contribution < 1.29 is 4.79 Å². The van der Waals surface area contributed by atoms with Gasteiger partial charge in [0, 0.05) is 36.0 Å². The number of amides is 1. The van der Waals surface area contributed by atoms with E-state index in [1.165, 1.54) is 19.3 Å².